The van der Waals surface area contributed by atoms with E-state index in [1.807, 2.05) is 25.5 Å². The molecule has 0 radical (unpaired) electrons. The summed E-state index contributed by atoms with van der Waals surface area (Å²) in [5, 5.41) is 3.09. The summed E-state index contributed by atoms with van der Waals surface area (Å²) < 4.78 is 0. The highest BCUT2D eigenvalue weighted by atomic mass is 15.2. The lowest BCUT2D eigenvalue weighted by atomic mass is 10.2. The van der Waals surface area contributed by atoms with Crippen molar-refractivity contribution in [2.24, 2.45) is 0 Å². The Kier molecular flexibility index (Phi) is 4.86. The number of rotatable bonds is 6. The lowest BCUT2D eigenvalue weighted by Crippen LogP contribution is -2.24. The molecule has 2 aromatic rings. The number of hydrogen-bond donors (Lipinski definition) is 1. The molecule has 0 atom stereocenters. The molecule has 0 aliphatic heterocycles. The van der Waals surface area contributed by atoms with Gasteiger partial charge in [-0.3, -0.25) is 0 Å². The highest BCUT2D eigenvalue weighted by molar-refractivity contribution is 5.32. The predicted molar refractivity (Wildman–Crippen MR) is 78.0 cm³/mol. The van der Waals surface area contributed by atoms with Crippen molar-refractivity contribution < 1.29 is 0 Å². The topological polar surface area (TPSA) is 41.1 Å². The Morgan fingerprint density at radius 3 is 2.32 bits per heavy atom. The minimum atomic E-state index is 0.784. The molecule has 1 aromatic heterocycles. The maximum absolute atomic E-state index is 4.44. The average molecular weight is 256 g/mol. The molecule has 4 nitrogen and oxygen atoms in total. The number of nitrogens with one attached hydrogen (secondary N) is 1. The lowest BCUT2D eigenvalue weighted by Gasteiger charge is -2.20. The third kappa shape index (κ3) is 3.76. The molecular weight excluding hydrogens is 236 g/mol. The van der Waals surface area contributed by atoms with Crippen molar-refractivity contribution in [3.05, 3.63) is 53.9 Å². The van der Waals surface area contributed by atoms with Crippen molar-refractivity contribution in [3.8, 4) is 0 Å². The number of nitrogens with zero attached hydrogens (tertiary/aromatic N) is 3. The molecule has 100 valence electrons. The quantitative estimate of drug-likeness (QED) is 0.860. The molecule has 0 aliphatic carbocycles. The fourth-order valence-corrected chi connectivity index (χ4v) is 1.93. The summed E-state index contributed by atoms with van der Waals surface area (Å²) in [6.45, 7) is 4.64. The Morgan fingerprint density at radius 1 is 1.05 bits per heavy atom. The number of benzene rings is 1. The number of aromatic nitrogens is 2. The molecule has 0 saturated carbocycles. The van der Waals surface area contributed by atoms with Crippen molar-refractivity contribution in [2.45, 2.75) is 20.0 Å². The monoisotopic (exact) mass is 256 g/mol. The SMILES string of the molecule is CCN(Cc1ccccc1)c1ncc(CNC)cn1. The molecule has 4 heteroatoms. The fourth-order valence-electron chi connectivity index (χ4n) is 1.93. The van der Waals surface area contributed by atoms with Crippen molar-refractivity contribution >= 4 is 5.95 Å². The molecule has 0 fully saturated rings. The van der Waals surface area contributed by atoms with E-state index in [1.165, 1.54) is 5.56 Å². The summed E-state index contributed by atoms with van der Waals surface area (Å²) in [5.41, 5.74) is 2.37. The number of hydrogen-bond acceptors (Lipinski definition) is 4. The van der Waals surface area contributed by atoms with Gasteiger partial charge >= 0.3 is 0 Å². The van der Waals surface area contributed by atoms with Crippen molar-refractivity contribution in [3.63, 3.8) is 0 Å². The second-order valence-corrected chi connectivity index (χ2v) is 4.42. The highest BCUT2D eigenvalue weighted by Gasteiger charge is 2.07. The first-order valence-corrected chi connectivity index (χ1v) is 6.58. The second-order valence-electron chi connectivity index (χ2n) is 4.42. The van der Waals surface area contributed by atoms with Crippen LogP contribution in [0.25, 0.3) is 0 Å². The van der Waals surface area contributed by atoms with E-state index in [0.29, 0.717) is 0 Å². The van der Waals surface area contributed by atoms with Crippen molar-refractivity contribution in [1.29, 1.82) is 0 Å². The van der Waals surface area contributed by atoms with Crippen LogP contribution in [0.2, 0.25) is 0 Å². The summed E-state index contributed by atoms with van der Waals surface area (Å²) in [4.78, 5) is 11.0. The van der Waals surface area contributed by atoms with E-state index < -0.39 is 0 Å². The van der Waals surface area contributed by atoms with Gasteiger partial charge in [0.15, 0.2) is 0 Å². The third-order valence-corrected chi connectivity index (χ3v) is 2.95. The summed E-state index contributed by atoms with van der Waals surface area (Å²) in [6.07, 6.45) is 3.76. The Hall–Kier alpha value is -1.94. The van der Waals surface area contributed by atoms with Crippen LogP contribution >= 0.6 is 0 Å². The maximum Gasteiger partial charge on any atom is 0.225 e. The molecule has 0 saturated heterocycles. The normalized spacial score (nSPS) is 10.4. The van der Waals surface area contributed by atoms with Gasteiger partial charge in [0.25, 0.3) is 0 Å². The van der Waals surface area contributed by atoms with Gasteiger partial charge in [0.1, 0.15) is 0 Å². The van der Waals surface area contributed by atoms with Gasteiger partial charge in [-0.25, -0.2) is 9.97 Å². The summed E-state index contributed by atoms with van der Waals surface area (Å²) in [7, 11) is 1.92. The van der Waals surface area contributed by atoms with Crippen LogP contribution in [0, 0.1) is 0 Å². The molecule has 0 unspecified atom stereocenters. The van der Waals surface area contributed by atoms with E-state index in [1.54, 1.807) is 0 Å². The summed E-state index contributed by atoms with van der Waals surface area (Å²) >= 11 is 0. The second kappa shape index (κ2) is 6.85. The minimum Gasteiger partial charge on any atom is -0.337 e. The maximum atomic E-state index is 4.44. The molecule has 0 spiro atoms. The fraction of sp³-hybridized carbons (Fsp3) is 0.333. The Morgan fingerprint density at radius 2 is 1.74 bits per heavy atom. The van der Waals surface area contributed by atoms with Crippen molar-refractivity contribution in [2.75, 3.05) is 18.5 Å². The Balaban J connectivity index is 2.08. The van der Waals surface area contributed by atoms with Gasteiger partial charge in [0, 0.05) is 37.6 Å². The molecule has 0 bridgehead atoms. The van der Waals surface area contributed by atoms with Crippen LogP contribution in [0.4, 0.5) is 5.95 Å². The van der Waals surface area contributed by atoms with Crippen LogP contribution in [0.5, 0.6) is 0 Å². The van der Waals surface area contributed by atoms with Gasteiger partial charge in [-0.1, -0.05) is 30.3 Å². The lowest BCUT2D eigenvalue weighted by molar-refractivity contribution is 0.772. The minimum absolute atomic E-state index is 0.784. The van der Waals surface area contributed by atoms with Gasteiger partial charge in [0.2, 0.25) is 5.95 Å². The van der Waals surface area contributed by atoms with E-state index in [4.69, 9.17) is 0 Å². The zero-order chi connectivity index (χ0) is 13.5. The molecular formula is C15H20N4. The van der Waals surface area contributed by atoms with E-state index >= 15 is 0 Å². The zero-order valence-electron chi connectivity index (χ0n) is 11.5. The van der Waals surface area contributed by atoms with E-state index in [9.17, 15) is 0 Å². The van der Waals surface area contributed by atoms with Gasteiger partial charge < -0.3 is 10.2 Å². The van der Waals surface area contributed by atoms with E-state index in [0.717, 1.165) is 31.1 Å². The highest BCUT2D eigenvalue weighted by Crippen LogP contribution is 2.11. The van der Waals surface area contributed by atoms with Crippen LogP contribution in [0.1, 0.15) is 18.1 Å². The largest absolute Gasteiger partial charge is 0.337 e. The van der Waals surface area contributed by atoms with E-state index in [-0.39, 0.29) is 0 Å². The van der Waals surface area contributed by atoms with Crippen LogP contribution in [0.3, 0.4) is 0 Å². The first-order valence-electron chi connectivity index (χ1n) is 6.58. The van der Waals surface area contributed by atoms with Crippen LogP contribution in [-0.2, 0) is 13.1 Å². The zero-order valence-corrected chi connectivity index (χ0v) is 11.5. The number of anilines is 1. The summed E-state index contributed by atoms with van der Waals surface area (Å²) in [5.74, 6) is 0.784. The molecule has 1 N–H and O–H groups in total. The smallest absolute Gasteiger partial charge is 0.225 e. The Bertz CT molecular complexity index is 481. The third-order valence-electron chi connectivity index (χ3n) is 2.95. The molecule has 1 aromatic carbocycles. The van der Waals surface area contributed by atoms with Gasteiger partial charge in [-0.15, -0.1) is 0 Å². The Labute approximate surface area is 114 Å². The van der Waals surface area contributed by atoms with Crippen LogP contribution < -0.4 is 10.2 Å². The molecule has 0 amide bonds. The predicted octanol–water partition coefficient (Wildman–Crippen LogP) is 2.22. The van der Waals surface area contributed by atoms with Gasteiger partial charge in [0.05, 0.1) is 0 Å². The molecule has 19 heavy (non-hydrogen) atoms. The van der Waals surface area contributed by atoms with E-state index in [2.05, 4.69) is 51.4 Å². The average Bonchev–Trinajstić information content (AvgIpc) is 2.47. The van der Waals surface area contributed by atoms with Crippen LogP contribution in [-0.4, -0.2) is 23.6 Å². The van der Waals surface area contributed by atoms with Crippen LogP contribution in [0.15, 0.2) is 42.7 Å². The molecule has 0 aliphatic rings. The molecule has 2 rings (SSSR count). The van der Waals surface area contributed by atoms with Crippen molar-refractivity contribution in [1.82, 2.24) is 15.3 Å². The first kappa shape index (κ1) is 13.5. The van der Waals surface area contributed by atoms with Gasteiger partial charge in [-0.05, 0) is 19.5 Å². The molecule has 1 heterocycles. The summed E-state index contributed by atoms with van der Waals surface area (Å²) in [6, 6.07) is 10.4. The first-order chi connectivity index (χ1) is 9.33. The van der Waals surface area contributed by atoms with Gasteiger partial charge in [-0.2, -0.15) is 0 Å². The standard InChI is InChI=1S/C15H20N4/c1-3-19(12-13-7-5-4-6-8-13)15-17-10-14(9-16-2)11-18-15/h4-8,10-11,16H,3,9,12H2,1-2H3.